The van der Waals surface area contributed by atoms with E-state index in [4.69, 9.17) is 34.0 Å². The Kier molecular flexibility index (Phi) is 8.09. The van der Waals surface area contributed by atoms with Crippen molar-refractivity contribution in [1.82, 2.24) is 0 Å². The van der Waals surface area contributed by atoms with E-state index in [-0.39, 0.29) is 44.8 Å². The molecule has 0 aromatic heterocycles. The lowest BCUT2D eigenvalue weighted by atomic mass is 9.72. The molecule has 12 N–H and O–H groups in total. The van der Waals surface area contributed by atoms with Crippen LogP contribution in [0.15, 0.2) is 95.1 Å². The van der Waals surface area contributed by atoms with Gasteiger partial charge in [0.25, 0.3) is 20.2 Å². The molecule has 4 atom stereocenters. The minimum absolute atomic E-state index is 0.0228. The lowest BCUT2D eigenvalue weighted by Gasteiger charge is -2.42. The van der Waals surface area contributed by atoms with Gasteiger partial charge in [0.2, 0.25) is 0 Å². The van der Waals surface area contributed by atoms with E-state index >= 15 is 8.78 Å². The highest BCUT2D eigenvalue weighted by molar-refractivity contribution is 7.87. The number of benzene rings is 4. The molecule has 258 valence electrons. The molecule has 6 rings (SSSR count). The van der Waals surface area contributed by atoms with Crippen LogP contribution in [0.3, 0.4) is 0 Å². The molecule has 0 spiro atoms. The Morgan fingerprint density at radius 2 is 0.940 bits per heavy atom. The maximum Gasteiger partial charge on any atom is 0.281 e. The third-order valence-electron chi connectivity index (χ3n) is 9.33. The van der Waals surface area contributed by atoms with Crippen LogP contribution in [-0.2, 0) is 29.7 Å². The van der Waals surface area contributed by atoms with Crippen molar-refractivity contribution in [2.75, 3.05) is 0 Å². The molecule has 4 unspecified atom stereocenters. The van der Waals surface area contributed by atoms with Gasteiger partial charge in [-0.15, -0.1) is 0 Å². The Morgan fingerprint density at radius 1 is 0.600 bits per heavy atom. The third kappa shape index (κ3) is 4.50. The molecular formula is C32H28F2N8O6S2. The van der Waals surface area contributed by atoms with E-state index in [1.165, 1.54) is 60.7 Å². The summed E-state index contributed by atoms with van der Waals surface area (Å²) in [5, 5.41) is 23.9. The van der Waals surface area contributed by atoms with Crippen LogP contribution in [0.5, 0.6) is 0 Å². The highest BCUT2D eigenvalue weighted by Gasteiger charge is 2.60. The van der Waals surface area contributed by atoms with E-state index in [2.05, 4.69) is 10.2 Å². The minimum Gasteiger partial charge on any atom is -0.323 e. The van der Waals surface area contributed by atoms with Gasteiger partial charge in [0.05, 0.1) is 23.5 Å². The molecule has 50 heavy (non-hydrogen) atoms. The Balaban J connectivity index is 1.55. The average Bonchev–Trinajstić information content (AvgIpc) is 3.05. The fourth-order valence-electron chi connectivity index (χ4n) is 7.14. The predicted molar refractivity (Wildman–Crippen MR) is 182 cm³/mol. The summed E-state index contributed by atoms with van der Waals surface area (Å²) in [5.74, 6) is 8.53. The number of nitrogens with zero attached hydrogens (tertiary/aromatic N) is 2. The number of nitrogens with two attached hydrogens (primary N) is 4. The van der Waals surface area contributed by atoms with Crippen molar-refractivity contribution in [3.63, 3.8) is 0 Å². The summed E-state index contributed by atoms with van der Waals surface area (Å²) in [7, 11) is -10.7. The first-order valence-corrected chi connectivity index (χ1v) is 17.4. The van der Waals surface area contributed by atoms with Gasteiger partial charge in [-0.3, -0.25) is 19.9 Å². The summed E-state index contributed by atoms with van der Waals surface area (Å²) in [6.07, 6.45) is 0. The lowest BCUT2D eigenvalue weighted by Crippen LogP contribution is -2.61. The number of rotatable bonds is 5. The standard InChI is InChI=1S/C32H28F2N8O6S2/c33-23-13-15(9-11-21(23)31(49(43,44)45)19-7-3-1-5-17(19)25(35)27(41-39)29(31)37)16-10-12-22(24(34)14-16)32(50(46,47)48)20-8-4-2-6-18(20)26(36)28(42-40)30(32)38/h1-14,29-30,35-36H,37-40H2,(H,43,44,45)(H,46,47,48)/b35-25?,36-26?,41-27-,42-28+. The Bertz CT molecular complexity index is 2270. The molecule has 4 aromatic carbocycles. The number of fused-ring (bicyclic) bond motifs is 2. The van der Waals surface area contributed by atoms with Gasteiger partial charge in [0, 0.05) is 22.3 Å². The fraction of sp³-hybridized carbons (Fsp3) is 0.125. The van der Waals surface area contributed by atoms with Gasteiger partial charge < -0.3 is 23.2 Å². The summed E-state index contributed by atoms with van der Waals surface area (Å²) < 4.78 is 102. The first kappa shape index (κ1) is 34.6. The minimum atomic E-state index is -5.34. The van der Waals surface area contributed by atoms with Crippen molar-refractivity contribution in [3.8, 4) is 11.1 Å². The molecule has 14 nitrogen and oxygen atoms in total. The monoisotopic (exact) mass is 722 g/mol. The van der Waals surface area contributed by atoms with Crippen molar-refractivity contribution < 1.29 is 34.7 Å². The van der Waals surface area contributed by atoms with Crippen LogP contribution in [0, 0.1) is 22.5 Å². The molecule has 0 bridgehead atoms. The quantitative estimate of drug-likeness (QED) is 0.0841. The topological polar surface area (TPSA) is 285 Å². The van der Waals surface area contributed by atoms with Crippen molar-refractivity contribution in [2.45, 2.75) is 21.6 Å². The molecule has 0 saturated carbocycles. The molecule has 2 aliphatic rings. The fourth-order valence-corrected chi connectivity index (χ4v) is 9.80. The van der Waals surface area contributed by atoms with E-state index in [1.54, 1.807) is 0 Å². The van der Waals surface area contributed by atoms with Gasteiger partial charge in [-0.1, -0.05) is 72.8 Å². The highest BCUT2D eigenvalue weighted by Crippen LogP contribution is 2.48. The molecule has 0 saturated heterocycles. The summed E-state index contributed by atoms with van der Waals surface area (Å²) >= 11 is 0. The highest BCUT2D eigenvalue weighted by atomic mass is 32.2. The van der Waals surface area contributed by atoms with Gasteiger partial charge in [0.15, 0.2) is 9.49 Å². The zero-order chi connectivity index (χ0) is 36.6. The van der Waals surface area contributed by atoms with E-state index < -0.39 is 76.0 Å². The second kappa shape index (κ2) is 11.7. The number of hydrogen-bond acceptors (Lipinski definition) is 12. The summed E-state index contributed by atoms with van der Waals surface area (Å²) in [6.45, 7) is 0. The van der Waals surface area contributed by atoms with Crippen LogP contribution in [-0.4, -0.2) is 60.9 Å². The van der Waals surface area contributed by atoms with E-state index in [0.717, 1.165) is 24.3 Å². The van der Waals surface area contributed by atoms with E-state index in [1.807, 2.05) is 0 Å². The van der Waals surface area contributed by atoms with Crippen LogP contribution in [0.1, 0.15) is 33.4 Å². The summed E-state index contributed by atoms with van der Waals surface area (Å²) in [6, 6.07) is 13.6. The second-order valence-corrected chi connectivity index (χ2v) is 14.8. The molecule has 4 aromatic rings. The Morgan fingerprint density at radius 3 is 1.24 bits per heavy atom. The normalized spacial score (nSPS) is 25.4. The van der Waals surface area contributed by atoms with Crippen LogP contribution >= 0.6 is 0 Å². The molecule has 0 radical (unpaired) electrons. The van der Waals surface area contributed by atoms with Gasteiger partial charge in [-0.05, 0) is 34.4 Å². The Hall–Kier alpha value is -5.24. The molecule has 0 heterocycles. The smallest absolute Gasteiger partial charge is 0.281 e. The SMILES string of the molecule is N=C1/C(=N\N)C(N)C(c2ccc(-c3ccc(C4(S(=O)(=O)O)c5ccccc5C(=N)/C(=N/N)C4N)c(F)c3)cc2F)(S(=O)(=O)O)c2ccccc21. The van der Waals surface area contributed by atoms with Gasteiger partial charge >= 0.3 is 0 Å². The van der Waals surface area contributed by atoms with E-state index in [0.29, 0.717) is 0 Å². The maximum absolute atomic E-state index is 16.3. The van der Waals surface area contributed by atoms with Crippen molar-refractivity contribution in [3.05, 3.63) is 130 Å². The number of nitrogens with one attached hydrogen (secondary N) is 2. The Labute approximate surface area is 284 Å². The first-order chi connectivity index (χ1) is 23.5. The van der Waals surface area contributed by atoms with Crippen molar-refractivity contribution in [1.29, 1.82) is 10.8 Å². The second-order valence-electron chi connectivity index (χ2n) is 11.6. The van der Waals surface area contributed by atoms with Gasteiger partial charge in [-0.25, -0.2) is 8.78 Å². The number of hydrazone groups is 2. The zero-order valence-corrected chi connectivity index (χ0v) is 27.2. The van der Waals surface area contributed by atoms with Crippen LogP contribution in [0.4, 0.5) is 8.78 Å². The van der Waals surface area contributed by atoms with Crippen LogP contribution < -0.4 is 23.2 Å². The first-order valence-electron chi connectivity index (χ1n) is 14.5. The molecular weight excluding hydrogens is 695 g/mol. The molecule has 0 amide bonds. The third-order valence-corrected chi connectivity index (χ3v) is 12.3. The maximum atomic E-state index is 16.3. The molecule has 18 heteroatoms. The molecule has 0 fully saturated rings. The number of halogens is 2. The largest absolute Gasteiger partial charge is 0.323 e. The van der Waals surface area contributed by atoms with E-state index in [9.17, 15) is 25.9 Å². The van der Waals surface area contributed by atoms with Crippen LogP contribution in [0.2, 0.25) is 0 Å². The molecule has 0 aliphatic heterocycles. The van der Waals surface area contributed by atoms with Crippen LogP contribution in [0.25, 0.3) is 11.1 Å². The van der Waals surface area contributed by atoms with Crippen molar-refractivity contribution in [2.24, 2.45) is 33.4 Å². The average molecular weight is 723 g/mol. The summed E-state index contributed by atoms with van der Waals surface area (Å²) in [4.78, 5) is 0. The predicted octanol–water partition coefficient (Wildman–Crippen LogP) is 1.94. The van der Waals surface area contributed by atoms with Gasteiger partial charge in [0.1, 0.15) is 23.1 Å². The zero-order valence-electron chi connectivity index (χ0n) is 25.5. The van der Waals surface area contributed by atoms with Crippen molar-refractivity contribution >= 4 is 43.1 Å². The molecule has 2 aliphatic carbocycles. The summed E-state index contributed by atoms with van der Waals surface area (Å²) in [5.41, 5.74) is 9.39. The lowest BCUT2D eigenvalue weighted by molar-refractivity contribution is 0.427. The number of hydrogen-bond donors (Lipinski definition) is 8. The van der Waals surface area contributed by atoms with Gasteiger partial charge in [-0.2, -0.15) is 27.0 Å².